The van der Waals surface area contributed by atoms with E-state index in [9.17, 15) is 4.79 Å². The zero-order chi connectivity index (χ0) is 9.68. The van der Waals surface area contributed by atoms with Crippen LogP contribution in [0.3, 0.4) is 0 Å². The molecule has 0 aromatic carbocycles. The molecule has 76 valence electrons. The van der Waals surface area contributed by atoms with E-state index in [4.69, 9.17) is 11.6 Å². The molecule has 1 fully saturated rings. The molecule has 1 aliphatic carbocycles. The molecule has 2 unspecified atom stereocenters. The Balaban J connectivity index is 2.03. The van der Waals surface area contributed by atoms with Crippen molar-refractivity contribution in [3.8, 4) is 0 Å². The minimum atomic E-state index is 0.171. The summed E-state index contributed by atoms with van der Waals surface area (Å²) in [6.07, 6.45) is 5.02. The maximum absolute atomic E-state index is 11.2. The predicted molar refractivity (Wildman–Crippen MR) is 54.9 cm³/mol. The van der Waals surface area contributed by atoms with Crippen molar-refractivity contribution in [2.45, 2.75) is 45.1 Å². The molecule has 0 radical (unpaired) electrons. The second-order valence-corrected chi connectivity index (χ2v) is 4.13. The molecule has 0 bridgehead atoms. The summed E-state index contributed by atoms with van der Waals surface area (Å²) < 4.78 is 0. The maximum atomic E-state index is 11.2. The van der Waals surface area contributed by atoms with Gasteiger partial charge in [-0.1, -0.05) is 13.3 Å². The van der Waals surface area contributed by atoms with Gasteiger partial charge < -0.3 is 5.32 Å². The van der Waals surface area contributed by atoms with E-state index in [0.29, 0.717) is 18.3 Å². The predicted octanol–water partition coefficient (Wildman–Crippen LogP) is 2.31. The van der Waals surface area contributed by atoms with Gasteiger partial charge in [-0.25, -0.2) is 0 Å². The molecule has 1 saturated carbocycles. The summed E-state index contributed by atoms with van der Waals surface area (Å²) in [4.78, 5) is 11.2. The fourth-order valence-electron chi connectivity index (χ4n) is 1.62. The van der Waals surface area contributed by atoms with E-state index in [1.54, 1.807) is 0 Å². The van der Waals surface area contributed by atoms with Crippen LogP contribution in [0.15, 0.2) is 0 Å². The first-order valence-corrected chi connectivity index (χ1v) is 5.66. The molecule has 0 saturated heterocycles. The summed E-state index contributed by atoms with van der Waals surface area (Å²) in [5.41, 5.74) is 0. The van der Waals surface area contributed by atoms with Crippen LogP contribution < -0.4 is 5.32 Å². The van der Waals surface area contributed by atoms with Crippen molar-refractivity contribution in [2.75, 3.05) is 5.88 Å². The minimum Gasteiger partial charge on any atom is -0.353 e. The highest BCUT2D eigenvalue weighted by Gasteiger charge is 2.36. The van der Waals surface area contributed by atoms with E-state index in [-0.39, 0.29) is 5.91 Å². The van der Waals surface area contributed by atoms with E-state index in [1.165, 1.54) is 19.3 Å². The third kappa shape index (κ3) is 3.99. The van der Waals surface area contributed by atoms with Gasteiger partial charge in [0.15, 0.2) is 0 Å². The van der Waals surface area contributed by atoms with Gasteiger partial charge in [-0.05, 0) is 25.2 Å². The second-order valence-electron chi connectivity index (χ2n) is 3.75. The number of halogens is 1. The van der Waals surface area contributed by atoms with Crippen LogP contribution in [0.1, 0.15) is 39.0 Å². The zero-order valence-electron chi connectivity index (χ0n) is 8.18. The monoisotopic (exact) mass is 203 g/mol. The van der Waals surface area contributed by atoms with E-state index in [0.717, 1.165) is 12.3 Å². The fourth-order valence-corrected chi connectivity index (χ4v) is 1.75. The Morgan fingerprint density at radius 1 is 1.62 bits per heavy atom. The lowest BCUT2D eigenvalue weighted by atomic mass is 10.2. The lowest BCUT2D eigenvalue weighted by molar-refractivity contribution is -0.121. The highest BCUT2D eigenvalue weighted by molar-refractivity contribution is 6.17. The topological polar surface area (TPSA) is 29.1 Å². The van der Waals surface area contributed by atoms with Crippen LogP contribution in [0, 0.1) is 5.92 Å². The van der Waals surface area contributed by atoms with Gasteiger partial charge in [-0.2, -0.15) is 0 Å². The second kappa shape index (κ2) is 5.48. The lowest BCUT2D eigenvalue weighted by Gasteiger charge is -2.02. The van der Waals surface area contributed by atoms with Crippen molar-refractivity contribution in [2.24, 2.45) is 5.92 Å². The first-order chi connectivity index (χ1) is 6.27. The van der Waals surface area contributed by atoms with Crippen molar-refractivity contribution in [1.82, 2.24) is 5.32 Å². The maximum Gasteiger partial charge on any atom is 0.220 e. The minimum absolute atomic E-state index is 0.171. The summed E-state index contributed by atoms with van der Waals surface area (Å²) >= 11 is 5.50. The highest BCUT2D eigenvalue weighted by Crippen LogP contribution is 2.34. The van der Waals surface area contributed by atoms with Crippen LogP contribution in [0.25, 0.3) is 0 Å². The highest BCUT2D eigenvalue weighted by atomic mass is 35.5. The molecule has 2 nitrogen and oxygen atoms in total. The van der Waals surface area contributed by atoms with Crippen molar-refractivity contribution in [1.29, 1.82) is 0 Å². The quantitative estimate of drug-likeness (QED) is 0.660. The standard InChI is InChI=1S/C10H18ClNO/c1-2-4-8-7-9(8)12-10(13)5-3-6-11/h8-9H,2-7H2,1H3,(H,12,13). The molecular weight excluding hydrogens is 186 g/mol. The van der Waals surface area contributed by atoms with Crippen molar-refractivity contribution >= 4 is 17.5 Å². The smallest absolute Gasteiger partial charge is 0.220 e. The number of carbonyl (C=O) groups excluding carboxylic acids is 1. The number of hydrogen-bond donors (Lipinski definition) is 1. The molecule has 1 rings (SSSR count). The summed E-state index contributed by atoms with van der Waals surface area (Å²) in [7, 11) is 0. The number of amides is 1. The van der Waals surface area contributed by atoms with Gasteiger partial charge in [0.05, 0.1) is 0 Å². The fraction of sp³-hybridized carbons (Fsp3) is 0.900. The molecular formula is C10H18ClNO. The van der Waals surface area contributed by atoms with E-state index >= 15 is 0 Å². The van der Waals surface area contributed by atoms with E-state index in [2.05, 4.69) is 12.2 Å². The lowest BCUT2D eigenvalue weighted by Crippen LogP contribution is -2.26. The first-order valence-electron chi connectivity index (χ1n) is 5.13. The van der Waals surface area contributed by atoms with Gasteiger partial charge in [0.1, 0.15) is 0 Å². The normalized spacial score (nSPS) is 25.7. The van der Waals surface area contributed by atoms with E-state index in [1.807, 2.05) is 0 Å². The number of rotatable bonds is 6. The number of carbonyl (C=O) groups is 1. The van der Waals surface area contributed by atoms with Gasteiger partial charge in [0, 0.05) is 18.3 Å². The number of hydrogen-bond acceptors (Lipinski definition) is 1. The van der Waals surface area contributed by atoms with Crippen molar-refractivity contribution in [3.63, 3.8) is 0 Å². The van der Waals surface area contributed by atoms with Gasteiger partial charge in [-0.3, -0.25) is 4.79 Å². The van der Waals surface area contributed by atoms with Crippen LogP contribution in [0.5, 0.6) is 0 Å². The average Bonchev–Trinajstić information content (AvgIpc) is 2.81. The molecule has 2 atom stereocenters. The molecule has 0 aromatic rings. The third-order valence-corrected chi connectivity index (χ3v) is 2.73. The molecule has 0 heterocycles. The number of nitrogens with one attached hydrogen (secondary N) is 1. The Morgan fingerprint density at radius 2 is 2.38 bits per heavy atom. The first kappa shape index (κ1) is 10.8. The Morgan fingerprint density at radius 3 is 3.00 bits per heavy atom. The molecule has 0 aromatic heterocycles. The SMILES string of the molecule is CCCC1CC1NC(=O)CCCCl. The molecule has 1 amide bonds. The zero-order valence-corrected chi connectivity index (χ0v) is 8.94. The van der Waals surface area contributed by atoms with Gasteiger partial charge in [0.2, 0.25) is 5.91 Å². The summed E-state index contributed by atoms with van der Waals surface area (Å²) in [5, 5.41) is 3.03. The van der Waals surface area contributed by atoms with E-state index < -0.39 is 0 Å². The molecule has 1 aliphatic rings. The van der Waals surface area contributed by atoms with Gasteiger partial charge in [0.25, 0.3) is 0 Å². The third-order valence-electron chi connectivity index (χ3n) is 2.47. The van der Waals surface area contributed by atoms with Crippen LogP contribution >= 0.6 is 11.6 Å². The van der Waals surface area contributed by atoms with Crippen LogP contribution in [-0.4, -0.2) is 17.8 Å². The van der Waals surface area contributed by atoms with Crippen LogP contribution in [-0.2, 0) is 4.79 Å². The molecule has 1 N–H and O–H groups in total. The summed E-state index contributed by atoms with van der Waals surface area (Å²) in [6.45, 7) is 2.19. The molecule has 0 aliphatic heterocycles. The van der Waals surface area contributed by atoms with Crippen LogP contribution in [0.2, 0.25) is 0 Å². The van der Waals surface area contributed by atoms with Crippen LogP contribution in [0.4, 0.5) is 0 Å². The van der Waals surface area contributed by atoms with Gasteiger partial charge in [-0.15, -0.1) is 11.6 Å². The Bertz CT molecular complexity index is 172. The molecule has 13 heavy (non-hydrogen) atoms. The van der Waals surface area contributed by atoms with Crippen molar-refractivity contribution in [3.05, 3.63) is 0 Å². The molecule has 0 spiro atoms. The molecule has 3 heteroatoms. The Hall–Kier alpha value is -0.240. The van der Waals surface area contributed by atoms with Crippen molar-refractivity contribution < 1.29 is 4.79 Å². The Labute approximate surface area is 85.0 Å². The summed E-state index contributed by atoms with van der Waals surface area (Å²) in [6, 6.07) is 0.475. The largest absolute Gasteiger partial charge is 0.353 e. The average molecular weight is 204 g/mol. The number of alkyl halides is 1. The summed E-state index contributed by atoms with van der Waals surface area (Å²) in [5.74, 6) is 1.51. The Kier molecular flexibility index (Phi) is 4.57. The van der Waals surface area contributed by atoms with Gasteiger partial charge >= 0.3 is 0 Å².